The van der Waals surface area contributed by atoms with E-state index < -0.39 is 30.0 Å². The van der Waals surface area contributed by atoms with Gasteiger partial charge >= 0.3 is 23.9 Å². The summed E-state index contributed by atoms with van der Waals surface area (Å²) in [5, 5.41) is 25.7. The minimum Gasteiger partial charge on any atom is -0.481 e. The van der Waals surface area contributed by atoms with E-state index in [0.717, 1.165) is 0 Å². The average molecular weight is 290 g/mol. The van der Waals surface area contributed by atoms with Crippen molar-refractivity contribution in [3.63, 3.8) is 0 Å². The summed E-state index contributed by atoms with van der Waals surface area (Å²) in [6.07, 6.45) is -1.04. The van der Waals surface area contributed by atoms with Gasteiger partial charge in [0, 0.05) is 19.3 Å². The van der Waals surface area contributed by atoms with Crippen molar-refractivity contribution >= 4 is 23.9 Å². The van der Waals surface area contributed by atoms with Crippen LogP contribution in [0, 0.1) is 0 Å². The topological polar surface area (TPSA) is 138 Å². The molecule has 0 radical (unpaired) electrons. The number of aliphatic carboxylic acids is 3. The van der Waals surface area contributed by atoms with E-state index in [1.807, 2.05) is 0 Å². The Morgan fingerprint density at radius 2 is 1.30 bits per heavy atom. The fourth-order valence-corrected chi connectivity index (χ4v) is 1.43. The molecule has 1 atom stereocenters. The largest absolute Gasteiger partial charge is 0.481 e. The molecule has 0 saturated heterocycles. The molecule has 8 heteroatoms. The van der Waals surface area contributed by atoms with E-state index in [1.54, 1.807) is 0 Å². The zero-order valence-electron chi connectivity index (χ0n) is 10.9. The van der Waals surface area contributed by atoms with Crippen molar-refractivity contribution < 1.29 is 39.2 Å². The molecule has 1 unspecified atom stereocenters. The molecule has 0 aliphatic heterocycles. The average Bonchev–Trinajstić information content (AvgIpc) is 2.32. The van der Waals surface area contributed by atoms with Crippen LogP contribution < -0.4 is 0 Å². The van der Waals surface area contributed by atoms with Crippen LogP contribution in [0.25, 0.3) is 0 Å². The third-order valence-electron chi connectivity index (χ3n) is 2.43. The van der Waals surface area contributed by atoms with Crippen molar-refractivity contribution in [1.29, 1.82) is 0 Å². The third kappa shape index (κ3) is 9.86. The molecule has 0 aliphatic rings. The molecular formula is C12H18O8. The number of carboxylic acids is 3. The van der Waals surface area contributed by atoms with Crippen LogP contribution in [-0.2, 0) is 23.9 Å². The quantitative estimate of drug-likeness (QED) is 0.376. The van der Waals surface area contributed by atoms with E-state index in [-0.39, 0.29) is 32.1 Å². The first-order valence-electron chi connectivity index (χ1n) is 6.18. The fraction of sp³-hybridized carbons (Fsp3) is 0.667. The normalized spacial score (nSPS) is 11.6. The van der Waals surface area contributed by atoms with Gasteiger partial charge in [-0.15, -0.1) is 0 Å². The summed E-state index contributed by atoms with van der Waals surface area (Å²) in [5.41, 5.74) is 0. The molecule has 0 aromatic heterocycles. The van der Waals surface area contributed by atoms with Gasteiger partial charge in [0.05, 0.1) is 0 Å². The first-order chi connectivity index (χ1) is 9.32. The predicted octanol–water partition coefficient (Wildman–Crippen LogP) is 0.883. The smallest absolute Gasteiger partial charge is 0.345 e. The molecule has 3 N–H and O–H groups in total. The van der Waals surface area contributed by atoms with Crippen molar-refractivity contribution in [2.24, 2.45) is 0 Å². The van der Waals surface area contributed by atoms with Crippen molar-refractivity contribution in [3.8, 4) is 0 Å². The maximum Gasteiger partial charge on any atom is 0.345 e. The van der Waals surface area contributed by atoms with Gasteiger partial charge in [-0.1, -0.05) is 0 Å². The Morgan fingerprint density at radius 1 is 0.800 bits per heavy atom. The molecule has 0 heterocycles. The highest BCUT2D eigenvalue weighted by molar-refractivity contribution is 5.78. The van der Waals surface area contributed by atoms with Crippen molar-refractivity contribution in [2.45, 2.75) is 51.0 Å². The number of carbonyl (C=O) groups excluding carboxylic acids is 1. The molecular weight excluding hydrogens is 272 g/mol. The maximum atomic E-state index is 11.4. The number of hydrogen-bond acceptors (Lipinski definition) is 5. The summed E-state index contributed by atoms with van der Waals surface area (Å²) >= 11 is 0. The summed E-state index contributed by atoms with van der Waals surface area (Å²) < 4.78 is 4.72. The Morgan fingerprint density at radius 3 is 1.80 bits per heavy atom. The first-order valence-corrected chi connectivity index (χ1v) is 6.18. The molecule has 0 aromatic rings. The van der Waals surface area contributed by atoms with Gasteiger partial charge in [0.15, 0.2) is 6.10 Å². The Balaban J connectivity index is 3.98. The molecule has 8 nitrogen and oxygen atoms in total. The van der Waals surface area contributed by atoms with Crippen LogP contribution in [0.1, 0.15) is 44.9 Å². The highest BCUT2D eigenvalue weighted by Crippen LogP contribution is 2.09. The summed E-state index contributed by atoms with van der Waals surface area (Å²) in [4.78, 5) is 42.7. The molecule has 20 heavy (non-hydrogen) atoms. The first kappa shape index (κ1) is 17.9. The van der Waals surface area contributed by atoms with Gasteiger partial charge in [-0.25, -0.2) is 4.79 Å². The lowest BCUT2D eigenvalue weighted by atomic mass is 10.1. The van der Waals surface area contributed by atoms with Crippen molar-refractivity contribution in [3.05, 3.63) is 0 Å². The van der Waals surface area contributed by atoms with E-state index in [0.29, 0.717) is 12.8 Å². The number of ether oxygens (including phenoxy) is 1. The SMILES string of the molecule is O=C(O)CCCCC(=O)OC(CCCC(=O)O)C(=O)O. The maximum absolute atomic E-state index is 11.4. The van der Waals surface area contributed by atoms with Gasteiger partial charge in [-0.2, -0.15) is 0 Å². The minimum absolute atomic E-state index is 0.0595. The standard InChI is InChI=1S/C12H18O8/c13-9(14)5-1-2-7-11(17)20-8(12(18)19)4-3-6-10(15)16/h8H,1-7H2,(H,13,14)(H,15,16)(H,18,19). The van der Waals surface area contributed by atoms with Crippen LogP contribution in [0.3, 0.4) is 0 Å². The van der Waals surface area contributed by atoms with E-state index >= 15 is 0 Å². The van der Waals surface area contributed by atoms with Crippen LogP contribution in [-0.4, -0.2) is 45.3 Å². The monoisotopic (exact) mass is 290 g/mol. The van der Waals surface area contributed by atoms with E-state index in [4.69, 9.17) is 20.1 Å². The molecule has 0 bridgehead atoms. The lowest BCUT2D eigenvalue weighted by Gasteiger charge is -2.13. The zero-order chi connectivity index (χ0) is 15.5. The molecule has 0 aliphatic carbocycles. The van der Waals surface area contributed by atoms with Gasteiger partial charge in [0.25, 0.3) is 0 Å². The molecule has 0 saturated carbocycles. The molecule has 114 valence electrons. The van der Waals surface area contributed by atoms with Crippen molar-refractivity contribution in [2.75, 3.05) is 0 Å². The highest BCUT2D eigenvalue weighted by atomic mass is 16.6. The molecule has 0 aromatic carbocycles. The highest BCUT2D eigenvalue weighted by Gasteiger charge is 2.21. The number of rotatable bonds is 11. The minimum atomic E-state index is -1.36. The summed E-state index contributed by atoms with van der Waals surface area (Å²) in [5.74, 6) is -4.06. The predicted molar refractivity (Wildman–Crippen MR) is 65.1 cm³/mol. The van der Waals surface area contributed by atoms with Crippen LogP contribution in [0.5, 0.6) is 0 Å². The second-order valence-corrected chi connectivity index (χ2v) is 4.20. The lowest BCUT2D eigenvalue weighted by molar-refractivity contribution is -0.164. The Bertz CT molecular complexity index is 362. The molecule has 0 rings (SSSR count). The Labute approximate surface area is 115 Å². The second kappa shape index (κ2) is 9.76. The van der Waals surface area contributed by atoms with Gasteiger partial charge in [-0.05, 0) is 25.7 Å². The number of carbonyl (C=O) groups is 4. The number of hydrogen-bond donors (Lipinski definition) is 3. The third-order valence-corrected chi connectivity index (χ3v) is 2.43. The number of unbranched alkanes of at least 4 members (excludes halogenated alkanes) is 1. The summed E-state index contributed by atoms with van der Waals surface area (Å²) in [6, 6.07) is 0. The number of esters is 1. The van der Waals surface area contributed by atoms with E-state index in [9.17, 15) is 19.2 Å². The van der Waals surface area contributed by atoms with E-state index in [2.05, 4.69) is 0 Å². The lowest BCUT2D eigenvalue weighted by Crippen LogP contribution is -2.27. The Kier molecular flexibility index (Phi) is 8.73. The fourth-order valence-electron chi connectivity index (χ4n) is 1.43. The van der Waals surface area contributed by atoms with Crippen LogP contribution in [0.15, 0.2) is 0 Å². The zero-order valence-corrected chi connectivity index (χ0v) is 10.9. The van der Waals surface area contributed by atoms with Gasteiger partial charge in [0.1, 0.15) is 0 Å². The molecule has 0 amide bonds. The second-order valence-electron chi connectivity index (χ2n) is 4.20. The molecule has 0 spiro atoms. The van der Waals surface area contributed by atoms with Gasteiger partial charge < -0.3 is 20.1 Å². The van der Waals surface area contributed by atoms with Gasteiger partial charge in [0.2, 0.25) is 0 Å². The van der Waals surface area contributed by atoms with Crippen LogP contribution >= 0.6 is 0 Å². The van der Waals surface area contributed by atoms with Crippen molar-refractivity contribution in [1.82, 2.24) is 0 Å². The van der Waals surface area contributed by atoms with Crippen LogP contribution in [0.2, 0.25) is 0 Å². The Hall–Kier alpha value is -2.12. The van der Waals surface area contributed by atoms with E-state index in [1.165, 1.54) is 0 Å². The van der Waals surface area contributed by atoms with Crippen LogP contribution in [0.4, 0.5) is 0 Å². The summed E-state index contributed by atoms with van der Waals surface area (Å²) in [6.45, 7) is 0. The number of carboxylic acid groups (broad SMARTS) is 3. The summed E-state index contributed by atoms with van der Waals surface area (Å²) in [7, 11) is 0. The van der Waals surface area contributed by atoms with Gasteiger partial charge in [-0.3, -0.25) is 14.4 Å². The molecule has 0 fully saturated rings.